The molecule has 2 nitrogen and oxygen atoms in total. The standard InChI is InChI=1S/C5H10O.H2O.V/c1-2-3-4-5-6;;/h5H,2-4H2,1H3;1H2;. The summed E-state index contributed by atoms with van der Waals surface area (Å²) < 4.78 is 0. The largest absolute Gasteiger partial charge is 0.412 e. The fourth-order valence-electron chi connectivity index (χ4n) is 0.287. The second kappa shape index (κ2) is 15.7. The molecule has 2 N–H and O–H groups in total. The number of unbranched alkanes of at least 4 members (excludes halogenated alkanes) is 2. The Kier molecular flexibility index (Phi) is 30.8. The summed E-state index contributed by atoms with van der Waals surface area (Å²) in [6.07, 6.45) is 3.86. The van der Waals surface area contributed by atoms with Crippen molar-refractivity contribution in [2.45, 2.75) is 26.2 Å². The second-order valence-electron chi connectivity index (χ2n) is 1.31. The van der Waals surface area contributed by atoms with Crippen LogP contribution in [0.2, 0.25) is 0 Å². The summed E-state index contributed by atoms with van der Waals surface area (Å²) in [4.78, 5) is 9.56. The van der Waals surface area contributed by atoms with Crippen molar-refractivity contribution in [1.29, 1.82) is 0 Å². The Labute approximate surface area is 61.8 Å². The van der Waals surface area contributed by atoms with Crippen LogP contribution in [0, 0.1) is 0 Å². The Bertz CT molecular complexity index is 39.4. The molecule has 0 rings (SSSR count). The summed E-state index contributed by atoms with van der Waals surface area (Å²) >= 11 is 0. The van der Waals surface area contributed by atoms with Gasteiger partial charge in [0, 0.05) is 25.0 Å². The molecule has 0 aromatic rings. The smallest absolute Gasteiger partial charge is 0.119 e. The van der Waals surface area contributed by atoms with Gasteiger partial charge in [-0.25, -0.2) is 0 Å². The average molecular weight is 155 g/mol. The van der Waals surface area contributed by atoms with Crippen molar-refractivity contribution in [2.24, 2.45) is 0 Å². The molecule has 0 saturated carbocycles. The van der Waals surface area contributed by atoms with Crippen molar-refractivity contribution in [2.75, 3.05) is 0 Å². The van der Waals surface area contributed by atoms with Crippen LogP contribution in [0.25, 0.3) is 0 Å². The van der Waals surface area contributed by atoms with Crippen LogP contribution in [0.5, 0.6) is 0 Å². The molecule has 0 atom stereocenters. The predicted molar refractivity (Wildman–Crippen MR) is 29.2 cm³/mol. The molecule has 0 saturated heterocycles. The van der Waals surface area contributed by atoms with Crippen molar-refractivity contribution in [3.05, 3.63) is 0 Å². The minimum absolute atomic E-state index is 0. The van der Waals surface area contributed by atoms with E-state index in [-0.39, 0.29) is 24.0 Å². The first-order valence-electron chi connectivity index (χ1n) is 2.35. The number of carbonyl (C=O) groups is 1. The molecule has 0 heterocycles. The summed E-state index contributed by atoms with van der Waals surface area (Å²) in [6.45, 7) is 2.07. The second-order valence-corrected chi connectivity index (χ2v) is 1.31. The topological polar surface area (TPSA) is 48.6 Å². The number of hydrogen-bond acceptors (Lipinski definition) is 1. The van der Waals surface area contributed by atoms with E-state index in [0.717, 1.165) is 25.5 Å². The molecule has 0 unspecified atom stereocenters. The van der Waals surface area contributed by atoms with E-state index in [2.05, 4.69) is 6.92 Å². The fraction of sp³-hybridized carbons (Fsp3) is 0.800. The van der Waals surface area contributed by atoms with E-state index in [0.29, 0.717) is 0 Å². The monoisotopic (exact) mass is 155 g/mol. The minimum atomic E-state index is 0. The maximum absolute atomic E-state index is 9.56. The summed E-state index contributed by atoms with van der Waals surface area (Å²) in [5.74, 6) is 0. The molecule has 0 bridgehead atoms. The summed E-state index contributed by atoms with van der Waals surface area (Å²) in [6, 6.07) is 0. The van der Waals surface area contributed by atoms with Crippen LogP contribution in [0.4, 0.5) is 0 Å². The van der Waals surface area contributed by atoms with E-state index in [9.17, 15) is 4.79 Å². The molecule has 3 heteroatoms. The van der Waals surface area contributed by atoms with E-state index >= 15 is 0 Å². The molecule has 8 heavy (non-hydrogen) atoms. The van der Waals surface area contributed by atoms with E-state index in [4.69, 9.17) is 0 Å². The Morgan fingerprint density at radius 3 is 2.12 bits per heavy atom. The molecule has 0 aliphatic carbocycles. The Balaban J connectivity index is -0.000000125. The molecule has 0 spiro atoms. The van der Waals surface area contributed by atoms with Gasteiger partial charge in [-0.2, -0.15) is 0 Å². The number of aldehydes is 1. The number of carbonyl (C=O) groups excluding carboxylic acids is 1. The van der Waals surface area contributed by atoms with Gasteiger partial charge in [0.15, 0.2) is 0 Å². The Morgan fingerprint density at radius 2 is 2.00 bits per heavy atom. The van der Waals surface area contributed by atoms with Gasteiger partial charge in [0.25, 0.3) is 0 Å². The molecule has 0 aromatic heterocycles. The van der Waals surface area contributed by atoms with Gasteiger partial charge >= 0.3 is 0 Å². The third kappa shape index (κ3) is 16.4. The molecule has 0 aromatic carbocycles. The summed E-state index contributed by atoms with van der Waals surface area (Å²) in [7, 11) is 0. The van der Waals surface area contributed by atoms with Crippen LogP contribution >= 0.6 is 0 Å². The quantitative estimate of drug-likeness (QED) is 0.433. The summed E-state index contributed by atoms with van der Waals surface area (Å²) in [5.41, 5.74) is 0. The van der Waals surface area contributed by atoms with Gasteiger partial charge < -0.3 is 10.3 Å². The van der Waals surface area contributed by atoms with Gasteiger partial charge in [0.05, 0.1) is 0 Å². The Hall–Kier alpha value is 0.214. The third-order valence-corrected chi connectivity index (χ3v) is 0.676. The van der Waals surface area contributed by atoms with Crippen LogP contribution in [0.15, 0.2) is 0 Å². The van der Waals surface area contributed by atoms with Crippen LogP contribution in [-0.4, -0.2) is 11.8 Å². The van der Waals surface area contributed by atoms with Crippen LogP contribution in [0.3, 0.4) is 0 Å². The van der Waals surface area contributed by atoms with Crippen LogP contribution in [-0.2, 0) is 23.4 Å². The normalized spacial score (nSPS) is 6.12. The van der Waals surface area contributed by atoms with Gasteiger partial charge in [0.2, 0.25) is 0 Å². The van der Waals surface area contributed by atoms with Crippen molar-refractivity contribution in [3.63, 3.8) is 0 Å². The molecule has 0 aliphatic rings. The van der Waals surface area contributed by atoms with E-state index < -0.39 is 0 Å². The SMILES string of the molecule is CCCCC=O.O.[V]. The zero-order valence-electron chi connectivity index (χ0n) is 5.05. The number of hydrogen-bond donors (Lipinski definition) is 0. The first-order chi connectivity index (χ1) is 2.91. The van der Waals surface area contributed by atoms with Crippen molar-refractivity contribution < 1.29 is 28.8 Å². The molecule has 0 fully saturated rings. The first kappa shape index (κ1) is 15.7. The first-order valence-corrected chi connectivity index (χ1v) is 2.35. The van der Waals surface area contributed by atoms with Crippen LogP contribution in [0.1, 0.15) is 26.2 Å². The van der Waals surface area contributed by atoms with E-state index in [1.165, 1.54) is 0 Å². The van der Waals surface area contributed by atoms with Gasteiger partial charge in [-0.05, 0) is 6.42 Å². The maximum Gasteiger partial charge on any atom is 0.119 e. The molecular formula is C5H12O2V. The van der Waals surface area contributed by atoms with Crippen molar-refractivity contribution in [3.8, 4) is 0 Å². The fourth-order valence-corrected chi connectivity index (χ4v) is 0.287. The molecule has 0 aliphatic heterocycles. The minimum Gasteiger partial charge on any atom is -0.412 e. The Morgan fingerprint density at radius 1 is 1.50 bits per heavy atom. The van der Waals surface area contributed by atoms with Gasteiger partial charge in [-0.15, -0.1) is 0 Å². The zero-order chi connectivity index (χ0) is 4.83. The molecule has 1 radical (unpaired) electrons. The van der Waals surface area contributed by atoms with Gasteiger partial charge in [-0.1, -0.05) is 13.3 Å². The molecular weight excluding hydrogens is 143 g/mol. The summed E-state index contributed by atoms with van der Waals surface area (Å²) in [5, 5.41) is 0. The van der Waals surface area contributed by atoms with Gasteiger partial charge in [-0.3, -0.25) is 0 Å². The predicted octanol–water partition coefficient (Wildman–Crippen LogP) is 0.548. The van der Waals surface area contributed by atoms with Crippen molar-refractivity contribution in [1.82, 2.24) is 0 Å². The van der Waals surface area contributed by atoms with E-state index in [1.54, 1.807) is 0 Å². The van der Waals surface area contributed by atoms with E-state index in [1.807, 2.05) is 0 Å². The van der Waals surface area contributed by atoms with Gasteiger partial charge in [0.1, 0.15) is 6.29 Å². The zero-order valence-corrected chi connectivity index (χ0v) is 6.45. The molecule has 49 valence electrons. The molecule has 0 amide bonds. The van der Waals surface area contributed by atoms with Crippen molar-refractivity contribution >= 4 is 6.29 Å². The maximum atomic E-state index is 9.56. The average Bonchev–Trinajstić information content (AvgIpc) is 1.61. The third-order valence-electron chi connectivity index (χ3n) is 0.676. The van der Waals surface area contributed by atoms with Crippen LogP contribution < -0.4 is 0 Å². The number of rotatable bonds is 3.